The summed E-state index contributed by atoms with van der Waals surface area (Å²) in [6, 6.07) is 21.6. The van der Waals surface area contributed by atoms with Crippen LogP contribution in [0.5, 0.6) is 0 Å². The quantitative estimate of drug-likeness (QED) is 0.601. The molecule has 2 amide bonds. The van der Waals surface area contributed by atoms with Crippen LogP contribution in [-0.2, 0) is 9.59 Å². The molecule has 3 aromatic carbocycles. The molecule has 5 heteroatoms. The van der Waals surface area contributed by atoms with E-state index in [-0.39, 0.29) is 17.7 Å². The average Bonchev–Trinajstić information content (AvgIpc) is 3.53. The molecular weight excluding hydrogens is 356 g/mol. The van der Waals surface area contributed by atoms with Crippen LogP contribution in [0.3, 0.4) is 0 Å². The summed E-state index contributed by atoms with van der Waals surface area (Å²) in [5, 5.41) is 8.12. The Morgan fingerprint density at radius 1 is 0.852 bits per heavy atom. The Hall–Kier alpha value is -2.79. The fraction of sp³-hybridized carbons (Fsp3) is 0.182. The van der Waals surface area contributed by atoms with Crippen molar-refractivity contribution >= 4 is 45.7 Å². The molecule has 0 radical (unpaired) electrons. The molecule has 1 aliphatic carbocycles. The first-order valence-corrected chi connectivity index (χ1v) is 9.98. The minimum absolute atomic E-state index is 0.0404. The van der Waals surface area contributed by atoms with Crippen molar-refractivity contribution in [2.75, 3.05) is 16.4 Å². The second-order valence-electron chi connectivity index (χ2n) is 6.69. The van der Waals surface area contributed by atoms with Gasteiger partial charge in [0.05, 0.1) is 5.75 Å². The zero-order valence-corrected chi connectivity index (χ0v) is 15.6. The number of benzene rings is 3. The Morgan fingerprint density at radius 3 is 2.30 bits per heavy atom. The van der Waals surface area contributed by atoms with Crippen molar-refractivity contribution in [3.8, 4) is 0 Å². The van der Waals surface area contributed by atoms with Gasteiger partial charge < -0.3 is 10.6 Å². The Balaban J connectivity index is 1.29. The highest BCUT2D eigenvalue weighted by Crippen LogP contribution is 2.30. The summed E-state index contributed by atoms with van der Waals surface area (Å²) in [6.07, 6.45) is 1.98. The average molecular weight is 376 g/mol. The topological polar surface area (TPSA) is 58.2 Å². The lowest BCUT2D eigenvalue weighted by atomic mass is 10.1. The van der Waals surface area contributed by atoms with Gasteiger partial charge in [0.2, 0.25) is 11.8 Å². The maximum atomic E-state index is 12.2. The summed E-state index contributed by atoms with van der Waals surface area (Å²) in [5.74, 6) is 0.588. The predicted octanol–water partition coefficient (Wildman–Crippen LogP) is 4.92. The molecule has 0 atom stereocenters. The van der Waals surface area contributed by atoms with Crippen LogP contribution in [0.15, 0.2) is 71.6 Å². The van der Waals surface area contributed by atoms with Crippen LogP contribution in [-0.4, -0.2) is 17.6 Å². The summed E-state index contributed by atoms with van der Waals surface area (Å²) in [5.41, 5.74) is 1.61. The van der Waals surface area contributed by atoms with Crippen molar-refractivity contribution in [2.45, 2.75) is 17.7 Å². The van der Waals surface area contributed by atoms with Crippen LogP contribution in [0.2, 0.25) is 0 Å². The first kappa shape index (κ1) is 17.6. The first-order chi connectivity index (χ1) is 13.2. The van der Waals surface area contributed by atoms with Gasteiger partial charge in [0.15, 0.2) is 0 Å². The molecule has 3 aromatic rings. The van der Waals surface area contributed by atoms with Crippen LogP contribution < -0.4 is 10.6 Å². The van der Waals surface area contributed by atoms with Crippen molar-refractivity contribution in [3.63, 3.8) is 0 Å². The van der Waals surface area contributed by atoms with E-state index in [1.54, 1.807) is 0 Å². The third kappa shape index (κ3) is 4.68. The van der Waals surface area contributed by atoms with E-state index in [0.717, 1.165) is 39.9 Å². The van der Waals surface area contributed by atoms with Crippen molar-refractivity contribution in [2.24, 2.45) is 5.92 Å². The molecule has 27 heavy (non-hydrogen) atoms. The van der Waals surface area contributed by atoms with Crippen molar-refractivity contribution in [1.29, 1.82) is 0 Å². The number of amides is 2. The van der Waals surface area contributed by atoms with Gasteiger partial charge in [-0.3, -0.25) is 9.59 Å². The largest absolute Gasteiger partial charge is 0.326 e. The van der Waals surface area contributed by atoms with Crippen LogP contribution in [0.1, 0.15) is 12.8 Å². The molecule has 0 bridgehead atoms. The third-order valence-corrected chi connectivity index (χ3v) is 5.49. The lowest BCUT2D eigenvalue weighted by molar-refractivity contribution is -0.117. The van der Waals surface area contributed by atoms with Crippen LogP contribution in [0.4, 0.5) is 11.4 Å². The van der Waals surface area contributed by atoms with E-state index in [1.165, 1.54) is 11.8 Å². The molecule has 0 spiro atoms. The number of thioether (sulfide) groups is 1. The fourth-order valence-electron chi connectivity index (χ4n) is 2.84. The van der Waals surface area contributed by atoms with Gasteiger partial charge in [-0.1, -0.05) is 30.3 Å². The first-order valence-electron chi connectivity index (χ1n) is 9.00. The zero-order chi connectivity index (χ0) is 18.6. The number of nitrogens with one attached hydrogen (secondary N) is 2. The molecule has 1 fully saturated rings. The molecular formula is C22H20N2O2S. The molecule has 1 aliphatic rings. The Labute approximate surface area is 162 Å². The fourth-order valence-corrected chi connectivity index (χ4v) is 3.54. The highest BCUT2D eigenvalue weighted by atomic mass is 32.2. The Morgan fingerprint density at radius 2 is 1.56 bits per heavy atom. The molecule has 0 unspecified atom stereocenters. The van der Waals surface area contributed by atoms with Gasteiger partial charge >= 0.3 is 0 Å². The Kier molecular flexibility index (Phi) is 5.12. The standard InChI is InChI=1S/C22H20N2O2S/c25-21(23-19-8-7-15-3-1-2-4-17(15)13-19)14-27-20-11-9-18(10-12-20)24-22(26)16-5-6-16/h1-4,7-13,16H,5-6,14H2,(H,23,25)(H,24,26). The minimum atomic E-state index is -0.0404. The molecule has 136 valence electrons. The summed E-state index contributed by atoms with van der Waals surface area (Å²) >= 11 is 1.47. The van der Waals surface area contributed by atoms with E-state index >= 15 is 0 Å². The molecule has 0 saturated heterocycles. The molecule has 4 rings (SSSR count). The van der Waals surface area contributed by atoms with Gasteiger partial charge in [-0.15, -0.1) is 11.8 Å². The van der Waals surface area contributed by atoms with E-state index in [0.29, 0.717) is 5.75 Å². The number of anilines is 2. The number of fused-ring (bicyclic) bond motifs is 1. The maximum Gasteiger partial charge on any atom is 0.234 e. The summed E-state index contributed by atoms with van der Waals surface area (Å²) in [7, 11) is 0. The number of carbonyl (C=O) groups excluding carboxylic acids is 2. The highest BCUT2D eigenvalue weighted by Gasteiger charge is 2.29. The molecule has 0 heterocycles. The number of carbonyl (C=O) groups is 2. The van der Waals surface area contributed by atoms with Crippen LogP contribution in [0, 0.1) is 5.92 Å². The molecule has 2 N–H and O–H groups in total. The third-order valence-electron chi connectivity index (χ3n) is 4.47. The van der Waals surface area contributed by atoms with Gasteiger partial charge in [-0.05, 0) is 60.0 Å². The van der Waals surface area contributed by atoms with E-state index < -0.39 is 0 Å². The maximum absolute atomic E-state index is 12.2. The van der Waals surface area contributed by atoms with Crippen LogP contribution >= 0.6 is 11.8 Å². The number of hydrogen-bond acceptors (Lipinski definition) is 3. The van der Waals surface area contributed by atoms with E-state index in [2.05, 4.69) is 10.6 Å². The van der Waals surface area contributed by atoms with Crippen LogP contribution in [0.25, 0.3) is 10.8 Å². The van der Waals surface area contributed by atoms with Crippen molar-refractivity contribution in [1.82, 2.24) is 0 Å². The van der Waals surface area contributed by atoms with E-state index in [4.69, 9.17) is 0 Å². The van der Waals surface area contributed by atoms with Gasteiger partial charge in [0.1, 0.15) is 0 Å². The van der Waals surface area contributed by atoms with Gasteiger partial charge in [0.25, 0.3) is 0 Å². The number of hydrogen-bond donors (Lipinski definition) is 2. The van der Waals surface area contributed by atoms with Gasteiger partial charge in [0, 0.05) is 22.2 Å². The second kappa shape index (κ2) is 7.84. The van der Waals surface area contributed by atoms with Crippen molar-refractivity contribution in [3.05, 3.63) is 66.7 Å². The molecule has 0 aromatic heterocycles. The van der Waals surface area contributed by atoms with Crippen molar-refractivity contribution < 1.29 is 9.59 Å². The lowest BCUT2D eigenvalue weighted by Crippen LogP contribution is -2.14. The minimum Gasteiger partial charge on any atom is -0.326 e. The zero-order valence-electron chi connectivity index (χ0n) is 14.8. The number of rotatable bonds is 6. The SMILES string of the molecule is O=C(CSc1ccc(NC(=O)C2CC2)cc1)Nc1ccc2ccccc2c1. The summed E-state index contributed by atoms with van der Waals surface area (Å²) in [6.45, 7) is 0. The van der Waals surface area contributed by atoms with Gasteiger partial charge in [-0.25, -0.2) is 0 Å². The molecule has 1 saturated carbocycles. The molecule has 0 aliphatic heterocycles. The van der Waals surface area contributed by atoms with E-state index in [9.17, 15) is 9.59 Å². The second-order valence-corrected chi connectivity index (χ2v) is 7.74. The summed E-state index contributed by atoms with van der Waals surface area (Å²) < 4.78 is 0. The smallest absolute Gasteiger partial charge is 0.234 e. The lowest BCUT2D eigenvalue weighted by Gasteiger charge is -2.08. The molecule has 4 nitrogen and oxygen atoms in total. The Bertz CT molecular complexity index is 981. The normalized spacial score (nSPS) is 13.3. The monoisotopic (exact) mass is 376 g/mol. The summed E-state index contributed by atoms with van der Waals surface area (Å²) in [4.78, 5) is 25.0. The highest BCUT2D eigenvalue weighted by molar-refractivity contribution is 8.00. The van der Waals surface area contributed by atoms with E-state index in [1.807, 2.05) is 66.7 Å². The van der Waals surface area contributed by atoms with Gasteiger partial charge in [-0.2, -0.15) is 0 Å². The predicted molar refractivity (Wildman–Crippen MR) is 111 cm³/mol.